The second-order valence-corrected chi connectivity index (χ2v) is 3.61. The number of rotatable bonds is 2. The summed E-state index contributed by atoms with van der Waals surface area (Å²) in [5, 5.41) is 3.19. The number of hydrogen-bond donors (Lipinski definition) is 1. The van der Waals surface area contributed by atoms with Crippen molar-refractivity contribution < 1.29 is 9.47 Å². The van der Waals surface area contributed by atoms with Crippen LogP contribution in [0, 0.1) is 0 Å². The van der Waals surface area contributed by atoms with E-state index in [1.165, 1.54) is 6.33 Å². The first-order valence-corrected chi connectivity index (χ1v) is 5.33. The van der Waals surface area contributed by atoms with Crippen LogP contribution in [0.3, 0.4) is 0 Å². The SMILES string of the molecule is c1ncc(Nc2ccc3c(c2)OCCO3)cn1. The lowest BCUT2D eigenvalue weighted by atomic mass is 10.2. The third-order valence-electron chi connectivity index (χ3n) is 2.39. The number of nitrogens with one attached hydrogen (secondary N) is 1. The van der Waals surface area contributed by atoms with Crippen LogP contribution in [0.2, 0.25) is 0 Å². The Morgan fingerprint density at radius 2 is 1.71 bits per heavy atom. The van der Waals surface area contributed by atoms with Crippen LogP contribution in [0.25, 0.3) is 0 Å². The molecule has 0 atom stereocenters. The van der Waals surface area contributed by atoms with E-state index in [0.29, 0.717) is 13.2 Å². The van der Waals surface area contributed by atoms with E-state index in [1.54, 1.807) is 12.4 Å². The van der Waals surface area contributed by atoms with Crippen molar-refractivity contribution in [3.63, 3.8) is 0 Å². The van der Waals surface area contributed by atoms with Crippen molar-refractivity contribution in [1.29, 1.82) is 0 Å². The van der Waals surface area contributed by atoms with E-state index < -0.39 is 0 Å². The Balaban J connectivity index is 1.84. The van der Waals surface area contributed by atoms with E-state index in [-0.39, 0.29) is 0 Å². The van der Waals surface area contributed by atoms with Crippen molar-refractivity contribution in [3.05, 3.63) is 36.9 Å². The van der Waals surface area contributed by atoms with Gasteiger partial charge in [-0.05, 0) is 12.1 Å². The molecule has 0 spiro atoms. The Morgan fingerprint density at radius 1 is 0.941 bits per heavy atom. The molecular weight excluding hydrogens is 218 g/mol. The molecule has 0 radical (unpaired) electrons. The molecule has 2 heterocycles. The van der Waals surface area contributed by atoms with E-state index in [0.717, 1.165) is 22.9 Å². The van der Waals surface area contributed by atoms with E-state index in [2.05, 4.69) is 15.3 Å². The summed E-state index contributed by atoms with van der Waals surface area (Å²) in [5.41, 5.74) is 1.76. The number of hydrogen-bond acceptors (Lipinski definition) is 5. The standard InChI is InChI=1S/C12H11N3O2/c1-2-11-12(17-4-3-16-11)5-9(1)15-10-6-13-8-14-7-10/h1-2,5-8,15H,3-4H2. The molecule has 1 aromatic heterocycles. The van der Waals surface area contributed by atoms with Gasteiger partial charge in [0.2, 0.25) is 0 Å². The summed E-state index contributed by atoms with van der Waals surface area (Å²) in [6, 6.07) is 5.72. The fourth-order valence-corrected chi connectivity index (χ4v) is 1.65. The summed E-state index contributed by atoms with van der Waals surface area (Å²) in [4.78, 5) is 7.88. The predicted molar refractivity (Wildman–Crippen MR) is 62.7 cm³/mol. The second kappa shape index (κ2) is 4.29. The zero-order chi connectivity index (χ0) is 11.5. The van der Waals surface area contributed by atoms with Gasteiger partial charge in [0.1, 0.15) is 19.5 Å². The van der Waals surface area contributed by atoms with Gasteiger partial charge in [0.25, 0.3) is 0 Å². The van der Waals surface area contributed by atoms with Crippen molar-refractivity contribution in [1.82, 2.24) is 9.97 Å². The number of fused-ring (bicyclic) bond motifs is 1. The van der Waals surface area contributed by atoms with Crippen LogP contribution in [0.1, 0.15) is 0 Å². The van der Waals surface area contributed by atoms with Crippen LogP contribution in [0.5, 0.6) is 11.5 Å². The highest BCUT2D eigenvalue weighted by Crippen LogP contribution is 2.33. The van der Waals surface area contributed by atoms with Crippen LogP contribution in [0.15, 0.2) is 36.9 Å². The largest absolute Gasteiger partial charge is 0.486 e. The quantitative estimate of drug-likeness (QED) is 0.853. The van der Waals surface area contributed by atoms with E-state index >= 15 is 0 Å². The molecule has 1 aliphatic heterocycles. The minimum atomic E-state index is 0.588. The van der Waals surface area contributed by atoms with Crippen LogP contribution < -0.4 is 14.8 Å². The average molecular weight is 229 g/mol. The molecule has 0 saturated carbocycles. The van der Waals surface area contributed by atoms with E-state index in [9.17, 15) is 0 Å². The van der Waals surface area contributed by atoms with E-state index in [4.69, 9.17) is 9.47 Å². The van der Waals surface area contributed by atoms with Crippen molar-refractivity contribution in [2.45, 2.75) is 0 Å². The second-order valence-electron chi connectivity index (χ2n) is 3.61. The average Bonchev–Trinajstić information content (AvgIpc) is 2.40. The van der Waals surface area contributed by atoms with Gasteiger partial charge in [-0.2, -0.15) is 0 Å². The molecule has 3 rings (SSSR count). The summed E-state index contributed by atoms with van der Waals surface area (Å²) in [5.74, 6) is 1.55. The van der Waals surface area contributed by atoms with Gasteiger partial charge < -0.3 is 14.8 Å². The monoisotopic (exact) mass is 229 g/mol. The number of benzene rings is 1. The molecule has 0 fully saturated rings. The lowest BCUT2D eigenvalue weighted by molar-refractivity contribution is 0.171. The predicted octanol–water partition coefficient (Wildman–Crippen LogP) is 1.99. The fourth-order valence-electron chi connectivity index (χ4n) is 1.65. The third kappa shape index (κ3) is 2.13. The molecule has 0 aliphatic carbocycles. The van der Waals surface area contributed by atoms with Crippen LogP contribution >= 0.6 is 0 Å². The zero-order valence-corrected chi connectivity index (χ0v) is 9.09. The summed E-state index contributed by atoms with van der Waals surface area (Å²) < 4.78 is 11.0. The highest BCUT2D eigenvalue weighted by molar-refractivity contribution is 5.62. The van der Waals surface area contributed by atoms with Gasteiger partial charge in [-0.15, -0.1) is 0 Å². The fraction of sp³-hybridized carbons (Fsp3) is 0.167. The summed E-state index contributed by atoms with van der Waals surface area (Å²) in [7, 11) is 0. The molecule has 5 heteroatoms. The lowest BCUT2D eigenvalue weighted by Gasteiger charge is -2.19. The van der Waals surface area contributed by atoms with Gasteiger partial charge in [-0.3, -0.25) is 0 Å². The van der Waals surface area contributed by atoms with Crippen LogP contribution in [-0.2, 0) is 0 Å². The molecule has 1 aliphatic rings. The number of nitrogens with zero attached hydrogens (tertiary/aromatic N) is 2. The van der Waals surface area contributed by atoms with Gasteiger partial charge in [0.05, 0.1) is 18.1 Å². The smallest absolute Gasteiger partial charge is 0.163 e. The molecule has 0 amide bonds. The zero-order valence-electron chi connectivity index (χ0n) is 9.09. The first-order chi connectivity index (χ1) is 8.42. The van der Waals surface area contributed by atoms with Crippen LogP contribution in [-0.4, -0.2) is 23.2 Å². The molecule has 1 N–H and O–H groups in total. The van der Waals surface area contributed by atoms with Crippen molar-refractivity contribution >= 4 is 11.4 Å². The maximum atomic E-state index is 5.51. The maximum absolute atomic E-state index is 5.51. The molecular formula is C12H11N3O2. The minimum absolute atomic E-state index is 0.588. The van der Waals surface area contributed by atoms with E-state index in [1.807, 2.05) is 18.2 Å². The lowest BCUT2D eigenvalue weighted by Crippen LogP contribution is -2.15. The highest BCUT2D eigenvalue weighted by atomic mass is 16.6. The van der Waals surface area contributed by atoms with Gasteiger partial charge in [-0.1, -0.05) is 0 Å². The Hall–Kier alpha value is -2.30. The van der Waals surface area contributed by atoms with Crippen molar-refractivity contribution in [2.24, 2.45) is 0 Å². The third-order valence-corrected chi connectivity index (χ3v) is 2.39. The Bertz CT molecular complexity index is 516. The van der Waals surface area contributed by atoms with Gasteiger partial charge in [0.15, 0.2) is 11.5 Å². The summed E-state index contributed by atoms with van der Waals surface area (Å²) in [6.07, 6.45) is 4.92. The molecule has 5 nitrogen and oxygen atoms in total. The normalized spacial score (nSPS) is 13.2. The molecule has 2 aromatic rings. The Kier molecular flexibility index (Phi) is 2.50. The van der Waals surface area contributed by atoms with Crippen molar-refractivity contribution in [3.8, 4) is 11.5 Å². The first kappa shape index (κ1) is 9.89. The minimum Gasteiger partial charge on any atom is -0.486 e. The van der Waals surface area contributed by atoms with Gasteiger partial charge in [0, 0.05) is 11.8 Å². The number of ether oxygens (including phenoxy) is 2. The van der Waals surface area contributed by atoms with Crippen molar-refractivity contribution in [2.75, 3.05) is 18.5 Å². The summed E-state index contributed by atoms with van der Waals surface area (Å²) >= 11 is 0. The van der Waals surface area contributed by atoms with Gasteiger partial charge in [-0.25, -0.2) is 9.97 Å². The molecule has 0 saturated heterocycles. The molecule has 17 heavy (non-hydrogen) atoms. The Morgan fingerprint density at radius 3 is 2.53 bits per heavy atom. The maximum Gasteiger partial charge on any atom is 0.163 e. The number of anilines is 2. The highest BCUT2D eigenvalue weighted by Gasteiger charge is 2.11. The Labute approximate surface area is 98.4 Å². The first-order valence-electron chi connectivity index (χ1n) is 5.33. The molecule has 86 valence electrons. The molecule has 0 bridgehead atoms. The molecule has 0 unspecified atom stereocenters. The number of aromatic nitrogens is 2. The topological polar surface area (TPSA) is 56.3 Å². The molecule has 1 aromatic carbocycles. The van der Waals surface area contributed by atoms with Crippen LogP contribution in [0.4, 0.5) is 11.4 Å². The van der Waals surface area contributed by atoms with Gasteiger partial charge >= 0.3 is 0 Å². The summed E-state index contributed by atoms with van der Waals surface area (Å²) in [6.45, 7) is 1.19.